The number of amides is 2. The quantitative estimate of drug-likeness (QED) is 0.759. The van der Waals surface area contributed by atoms with Crippen molar-refractivity contribution in [2.45, 2.75) is 32.1 Å². The molecule has 0 radical (unpaired) electrons. The third-order valence-electron chi connectivity index (χ3n) is 6.19. The monoisotopic (exact) mass is 392 g/mol. The van der Waals surface area contributed by atoms with Gasteiger partial charge >= 0.3 is 0 Å². The molecule has 29 heavy (non-hydrogen) atoms. The van der Waals surface area contributed by atoms with Crippen molar-refractivity contribution in [3.8, 4) is 5.75 Å². The van der Waals surface area contributed by atoms with Gasteiger partial charge in [-0.3, -0.25) is 9.59 Å². The standard InChI is InChI=1S/C24H28N2O3/c1-29-21-9-5-8-20(17-21)25-22(27)24(12-13-24)23(28)26-14-10-19(11-15-26)16-18-6-3-2-4-7-18/h2-9,17,19H,10-16H2,1H3,(H,25,27). The van der Waals surface area contributed by atoms with Gasteiger partial charge in [-0.25, -0.2) is 0 Å². The molecule has 2 aromatic rings. The number of methoxy groups -OCH3 is 1. The zero-order valence-corrected chi connectivity index (χ0v) is 16.9. The fraction of sp³-hybridized carbons (Fsp3) is 0.417. The van der Waals surface area contributed by atoms with Crippen LogP contribution in [0.3, 0.4) is 0 Å². The first-order valence-corrected chi connectivity index (χ1v) is 10.4. The molecule has 0 bridgehead atoms. The summed E-state index contributed by atoms with van der Waals surface area (Å²) >= 11 is 0. The molecule has 1 saturated heterocycles. The van der Waals surface area contributed by atoms with Crippen LogP contribution < -0.4 is 10.1 Å². The van der Waals surface area contributed by atoms with Crippen LogP contribution in [0.15, 0.2) is 54.6 Å². The highest BCUT2D eigenvalue weighted by Gasteiger charge is 2.58. The van der Waals surface area contributed by atoms with Crippen LogP contribution in [0, 0.1) is 11.3 Å². The number of nitrogens with zero attached hydrogens (tertiary/aromatic N) is 1. The molecule has 152 valence electrons. The van der Waals surface area contributed by atoms with Gasteiger partial charge in [-0.2, -0.15) is 0 Å². The van der Waals surface area contributed by atoms with E-state index in [1.165, 1.54) is 5.56 Å². The van der Waals surface area contributed by atoms with Crippen LogP contribution in [0.1, 0.15) is 31.2 Å². The third-order valence-corrected chi connectivity index (χ3v) is 6.19. The normalized spacial score (nSPS) is 18.2. The van der Waals surface area contributed by atoms with Gasteiger partial charge in [-0.05, 0) is 55.7 Å². The molecule has 2 aromatic carbocycles. The lowest BCUT2D eigenvalue weighted by atomic mass is 9.89. The second kappa shape index (κ2) is 8.27. The predicted molar refractivity (Wildman–Crippen MR) is 113 cm³/mol. The van der Waals surface area contributed by atoms with E-state index in [2.05, 4.69) is 29.6 Å². The van der Waals surface area contributed by atoms with Crippen molar-refractivity contribution in [1.29, 1.82) is 0 Å². The number of carbonyl (C=O) groups is 2. The number of benzene rings is 2. The first-order chi connectivity index (χ1) is 14.1. The fourth-order valence-corrected chi connectivity index (χ4v) is 4.20. The van der Waals surface area contributed by atoms with E-state index in [9.17, 15) is 9.59 Å². The molecule has 4 rings (SSSR count). The van der Waals surface area contributed by atoms with E-state index in [0.29, 0.717) is 30.2 Å². The highest BCUT2D eigenvalue weighted by atomic mass is 16.5. The van der Waals surface area contributed by atoms with Crippen LogP contribution in [0.5, 0.6) is 5.75 Å². The molecule has 0 unspecified atom stereocenters. The second-order valence-corrected chi connectivity index (χ2v) is 8.19. The lowest BCUT2D eigenvalue weighted by molar-refractivity contribution is -0.143. The maximum absolute atomic E-state index is 13.1. The number of piperidine rings is 1. The second-order valence-electron chi connectivity index (χ2n) is 8.19. The first kappa shape index (κ1) is 19.5. The highest BCUT2D eigenvalue weighted by Crippen LogP contribution is 2.48. The van der Waals surface area contributed by atoms with Gasteiger partial charge in [-0.1, -0.05) is 36.4 Å². The van der Waals surface area contributed by atoms with Crippen LogP contribution in [-0.2, 0) is 16.0 Å². The fourth-order valence-electron chi connectivity index (χ4n) is 4.20. The van der Waals surface area contributed by atoms with Gasteiger partial charge < -0.3 is 15.0 Å². The van der Waals surface area contributed by atoms with Crippen LogP contribution in [0.25, 0.3) is 0 Å². The molecule has 0 aromatic heterocycles. The maximum Gasteiger partial charge on any atom is 0.240 e. The number of nitrogens with one attached hydrogen (secondary N) is 1. The number of hydrogen-bond donors (Lipinski definition) is 1. The average molecular weight is 392 g/mol. The first-order valence-electron chi connectivity index (χ1n) is 10.4. The van der Waals surface area contributed by atoms with E-state index in [1.54, 1.807) is 13.2 Å². The minimum atomic E-state index is -0.880. The zero-order valence-electron chi connectivity index (χ0n) is 16.9. The Morgan fingerprint density at radius 2 is 1.79 bits per heavy atom. The molecule has 1 heterocycles. The molecular formula is C24H28N2O3. The van der Waals surface area contributed by atoms with Crippen molar-refractivity contribution in [2.75, 3.05) is 25.5 Å². The minimum absolute atomic E-state index is 0.00365. The van der Waals surface area contributed by atoms with E-state index in [1.807, 2.05) is 29.2 Å². The van der Waals surface area contributed by atoms with Crippen molar-refractivity contribution < 1.29 is 14.3 Å². The van der Waals surface area contributed by atoms with Crippen LogP contribution in [0.4, 0.5) is 5.69 Å². The summed E-state index contributed by atoms with van der Waals surface area (Å²) in [7, 11) is 1.59. The smallest absolute Gasteiger partial charge is 0.240 e. The van der Waals surface area contributed by atoms with Gasteiger partial charge in [-0.15, -0.1) is 0 Å². The number of likely N-dealkylation sites (tertiary alicyclic amines) is 1. The van der Waals surface area contributed by atoms with Crippen LogP contribution >= 0.6 is 0 Å². The molecule has 2 aliphatic rings. The molecule has 2 fully saturated rings. The van der Waals surface area contributed by atoms with Gasteiger partial charge in [0.1, 0.15) is 11.2 Å². The summed E-state index contributed by atoms with van der Waals surface area (Å²) < 4.78 is 5.21. The molecular weight excluding hydrogens is 364 g/mol. The summed E-state index contributed by atoms with van der Waals surface area (Å²) in [6.07, 6.45) is 4.31. The molecule has 0 atom stereocenters. The Hall–Kier alpha value is -2.82. The van der Waals surface area contributed by atoms with E-state index in [0.717, 1.165) is 32.4 Å². The average Bonchev–Trinajstić information content (AvgIpc) is 3.57. The SMILES string of the molecule is COc1cccc(NC(=O)C2(C(=O)N3CCC(Cc4ccccc4)CC3)CC2)c1. The lowest BCUT2D eigenvalue weighted by Gasteiger charge is -2.34. The minimum Gasteiger partial charge on any atom is -0.497 e. The van der Waals surface area contributed by atoms with E-state index < -0.39 is 5.41 Å². The lowest BCUT2D eigenvalue weighted by Crippen LogP contribution is -2.46. The number of carbonyl (C=O) groups excluding carboxylic acids is 2. The Kier molecular flexibility index (Phi) is 5.56. The van der Waals surface area contributed by atoms with Gasteiger partial charge in [0, 0.05) is 24.8 Å². The molecule has 1 aliphatic heterocycles. The number of hydrogen-bond acceptors (Lipinski definition) is 3. The number of ether oxygens (including phenoxy) is 1. The Morgan fingerprint density at radius 3 is 2.45 bits per heavy atom. The van der Waals surface area contributed by atoms with Crippen molar-refractivity contribution in [1.82, 2.24) is 4.90 Å². The molecule has 5 heteroatoms. The summed E-state index contributed by atoms with van der Waals surface area (Å²) in [5.41, 5.74) is 1.14. The summed E-state index contributed by atoms with van der Waals surface area (Å²) in [5, 5.41) is 2.91. The molecule has 2 amide bonds. The molecule has 5 nitrogen and oxygen atoms in total. The Morgan fingerprint density at radius 1 is 1.07 bits per heavy atom. The maximum atomic E-state index is 13.1. The van der Waals surface area contributed by atoms with Crippen molar-refractivity contribution in [3.05, 3.63) is 60.2 Å². The Bertz CT molecular complexity index is 869. The molecule has 0 spiro atoms. The van der Waals surface area contributed by atoms with Gasteiger partial charge in [0.25, 0.3) is 0 Å². The summed E-state index contributed by atoms with van der Waals surface area (Å²) in [5.74, 6) is 1.08. The number of rotatable bonds is 6. The summed E-state index contributed by atoms with van der Waals surface area (Å²) in [4.78, 5) is 27.9. The van der Waals surface area contributed by atoms with E-state index in [-0.39, 0.29) is 11.8 Å². The largest absolute Gasteiger partial charge is 0.497 e. The van der Waals surface area contributed by atoms with Gasteiger partial charge in [0.15, 0.2) is 0 Å². The van der Waals surface area contributed by atoms with Crippen molar-refractivity contribution in [3.63, 3.8) is 0 Å². The van der Waals surface area contributed by atoms with Gasteiger partial charge in [0.2, 0.25) is 11.8 Å². The highest BCUT2D eigenvalue weighted by molar-refractivity contribution is 6.13. The molecule has 1 N–H and O–H groups in total. The zero-order chi connectivity index (χ0) is 20.3. The van der Waals surface area contributed by atoms with Crippen LogP contribution in [-0.4, -0.2) is 36.9 Å². The van der Waals surface area contributed by atoms with Crippen molar-refractivity contribution >= 4 is 17.5 Å². The summed E-state index contributed by atoms with van der Waals surface area (Å²) in [6, 6.07) is 17.8. The molecule has 1 aliphatic carbocycles. The Balaban J connectivity index is 1.33. The van der Waals surface area contributed by atoms with Gasteiger partial charge in [0.05, 0.1) is 7.11 Å². The van der Waals surface area contributed by atoms with E-state index in [4.69, 9.17) is 4.74 Å². The van der Waals surface area contributed by atoms with Crippen LogP contribution in [0.2, 0.25) is 0 Å². The van der Waals surface area contributed by atoms with Crippen molar-refractivity contribution in [2.24, 2.45) is 11.3 Å². The Labute approximate surface area is 172 Å². The topological polar surface area (TPSA) is 58.6 Å². The predicted octanol–water partition coefficient (Wildman–Crippen LogP) is 3.90. The van der Waals surface area contributed by atoms with E-state index >= 15 is 0 Å². The number of anilines is 1. The molecule has 1 saturated carbocycles. The third kappa shape index (κ3) is 4.29. The summed E-state index contributed by atoms with van der Waals surface area (Å²) in [6.45, 7) is 1.48.